The van der Waals surface area contributed by atoms with Crippen molar-refractivity contribution in [3.8, 4) is 0 Å². The Labute approximate surface area is 103 Å². The lowest BCUT2D eigenvalue weighted by molar-refractivity contribution is -0.0478. The van der Waals surface area contributed by atoms with Gasteiger partial charge in [-0.15, -0.1) is 11.3 Å². The van der Waals surface area contributed by atoms with Gasteiger partial charge in [0.05, 0.1) is 10.4 Å². The largest absolute Gasteiger partial charge is 0.478 e. The molecular formula is C12H15NO3S. The van der Waals surface area contributed by atoms with E-state index < -0.39 is 11.6 Å². The summed E-state index contributed by atoms with van der Waals surface area (Å²) < 4.78 is 0. The minimum Gasteiger partial charge on any atom is -0.478 e. The number of hydrogen-bond donors (Lipinski definition) is 2. The highest BCUT2D eigenvalue weighted by molar-refractivity contribution is 7.10. The van der Waals surface area contributed by atoms with Crippen LogP contribution >= 0.6 is 11.3 Å². The molecular weight excluding hydrogens is 238 g/mol. The molecule has 0 spiro atoms. The van der Waals surface area contributed by atoms with Crippen molar-refractivity contribution < 1.29 is 15.0 Å². The maximum absolute atomic E-state index is 11.2. The third-order valence-electron chi connectivity index (χ3n) is 4.05. The van der Waals surface area contributed by atoms with E-state index >= 15 is 0 Å². The number of hydrogen-bond acceptors (Lipinski definition) is 4. The number of aliphatic hydroxyl groups is 1. The number of carboxylic acids is 1. The SMILES string of the molecule is O=C(O)c1ccsc1C1(O)CCN2CCC1C2. The van der Waals surface area contributed by atoms with Crippen molar-refractivity contribution in [1.82, 2.24) is 4.90 Å². The molecule has 1 aromatic heterocycles. The van der Waals surface area contributed by atoms with Crippen LogP contribution in [0.5, 0.6) is 0 Å². The maximum Gasteiger partial charge on any atom is 0.336 e. The molecule has 1 aromatic rings. The first kappa shape index (κ1) is 11.2. The van der Waals surface area contributed by atoms with Gasteiger partial charge < -0.3 is 15.1 Å². The van der Waals surface area contributed by atoms with E-state index in [0.29, 0.717) is 11.3 Å². The standard InChI is InChI=1S/C12H15NO3S/c14-11(15)9-2-6-17-10(9)12(16)3-5-13-4-1-8(12)7-13/h2,6,8,16H,1,3-5,7H2,(H,14,15). The Bertz CT molecular complexity index is 458. The fraction of sp³-hybridized carbons (Fsp3) is 0.583. The number of fused-ring (bicyclic) bond motifs is 2. The molecule has 3 heterocycles. The Morgan fingerprint density at radius 1 is 1.53 bits per heavy atom. The average Bonchev–Trinajstić information content (AvgIpc) is 2.93. The summed E-state index contributed by atoms with van der Waals surface area (Å²) >= 11 is 1.37. The van der Waals surface area contributed by atoms with Gasteiger partial charge in [0.25, 0.3) is 0 Å². The van der Waals surface area contributed by atoms with E-state index in [-0.39, 0.29) is 11.5 Å². The van der Waals surface area contributed by atoms with Crippen molar-refractivity contribution in [3.05, 3.63) is 21.9 Å². The molecule has 3 rings (SSSR count). The Morgan fingerprint density at radius 3 is 3.12 bits per heavy atom. The molecule has 3 unspecified atom stereocenters. The van der Waals surface area contributed by atoms with Crippen LogP contribution in [0.3, 0.4) is 0 Å². The smallest absolute Gasteiger partial charge is 0.336 e. The highest BCUT2D eigenvalue weighted by atomic mass is 32.1. The zero-order chi connectivity index (χ0) is 12.0. The predicted molar refractivity (Wildman–Crippen MR) is 64.3 cm³/mol. The molecule has 17 heavy (non-hydrogen) atoms. The first-order valence-electron chi connectivity index (χ1n) is 5.87. The lowest BCUT2D eigenvalue weighted by atomic mass is 9.80. The third kappa shape index (κ3) is 1.61. The van der Waals surface area contributed by atoms with Gasteiger partial charge in [-0.1, -0.05) is 0 Å². The van der Waals surface area contributed by atoms with E-state index in [1.54, 1.807) is 11.4 Å². The number of piperidine rings is 1. The predicted octanol–water partition coefficient (Wildman–Crippen LogP) is 1.36. The monoisotopic (exact) mass is 253 g/mol. The van der Waals surface area contributed by atoms with Gasteiger partial charge >= 0.3 is 5.97 Å². The molecule has 0 radical (unpaired) electrons. The van der Waals surface area contributed by atoms with Gasteiger partial charge in [-0.3, -0.25) is 0 Å². The molecule has 0 saturated carbocycles. The molecule has 2 saturated heterocycles. The van der Waals surface area contributed by atoms with E-state index in [0.717, 1.165) is 26.1 Å². The van der Waals surface area contributed by atoms with Crippen molar-refractivity contribution in [2.45, 2.75) is 18.4 Å². The first-order valence-corrected chi connectivity index (χ1v) is 6.75. The van der Waals surface area contributed by atoms with Gasteiger partial charge in [0.1, 0.15) is 5.60 Å². The lowest BCUT2D eigenvalue weighted by Crippen LogP contribution is -2.44. The molecule has 4 nitrogen and oxygen atoms in total. The molecule has 92 valence electrons. The second-order valence-corrected chi connectivity index (χ2v) is 5.85. The van der Waals surface area contributed by atoms with E-state index in [1.165, 1.54) is 11.3 Å². The topological polar surface area (TPSA) is 60.8 Å². The van der Waals surface area contributed by atoms with Crippen molar-refractivity contribution in [3.63, 3.8) is 0 Å². The van der Waals surface area contributed by atoms with Gasteiger partial charge in [0.2, 0.25) is 0 Å². The van der Waals surface area contributed by atoms with Crippen LogP contribution in [0.2, 0.25) is 0 Å². The van der Waals surface area contributed by atoms with E-state index in [4.69, 9.17) is 5.11 Å². The maximum atomic E-state index is 11.2. The zero-order valence-corrected chi connectivity index (χ0v) is 10.2. The number of carboxylic acid groups (broad SMARTS) is 1. The van der Waals surface area contributed by atoms with Crippen LogP contribution in [0.1, 0.15) is 28.1 Å². The second-order valence-electron chi connectivity index (χ2n) is 4.93. The molecule has 5 heteroatoms. The van der Waals surface area contributed by atoms with Crippen molar-refractivity contribution in [1.29, 1.82) is 0 Å². The average molecular weight is 253 g/mol. The van der Waals surface area contributed by atoms with Gasteiger partial charge in [-0.05, 0) is 30.8 Å². The van der Waals surface area contributed by atoms with Gasteiger partial charge in [-0.2, -0.15) is 0 Å². The normalized spacial score (nSPS) is 36.1. The summed E-state index contributed by atoms with van der Waals surface area (Å²) in [7, 11) is 0. The van der Waals surface area contributed by atoms with Crippen LogP contribution < -0.4 is 0 Å². The van der Waals surface area contributed by atoms with Crippen LogP contribution in [-0.4, -0.2) is 40.7 Å². The third-order valence-corrected chi connectivity index (χ3v) is 5.13. The molecule has 2 bridgehead atoms. The quantitative estimate of drug-likeness (QED) is 0.835. The first-order chi connectivity index (χ1) is 8.11. The fourth-order valence-electron chi connectivity index (χ4n) is 3.07. The van der Waals surface area contributed by atoms with E-state index in [2.05, 4.69) is 4.90 Å². The minimum absolute atomic E-state index is 0.188. The van der Waals surface area contributed by atoms with Crippen molar-refractivity contribution in [2.24, 2.45) is 5.92 Å². The minimum atomic E-state index is -0.935. The lowest BCUT2D eigenvalue weighted by Gasteiger charge is -2.38. The molecule has 2 aliphatic rings. The van der Waals surface area contributed by atoms with Crippen LogP contribution in [0, 0.1) is 5.92 Å². The van der Waals surface area contributed by atoms with E-state index in [1.807, 2.05) is 0 Å². The van der Waals surface area contributed by atoms with Crippen molar-refractivity contribution >= 4 is 17.3 Å². The number of carbonyl (C=O) groups is 1. The van der Waals surface area contributed by atoms with Gasteiger partial charge in [0, 0.05) is 19.0 Å². The fourth-order valence-corrected chi connectivity index (χ4v) is 4.17. The Kier molecular flexibility index (Phi) is 2.50. The molecule has 3 atom stereocenters. The van der Waals surface area contributed by atoms with Gasteiger partial charge in [0.15, 0.2) is 0 Å². The number of aromatic carboxylic acids is 1. The number of rotatable bonds is 2. The summed E-state index contributed by atoms with van der Waals surface area (Å²) in [5.74, 6) is -0.747. The van der Waals surface area contributed by atoms with Crippen LogP contribution in [-0.2, 0) is 5.60 Å². The van der Waals surface area contributed by atoms with Crippen LogP contribution in [0.25, 0.3) is 0 Å². The molecule has 2 aliphatic heterocycles. The highest BCUT2D eigenvalue weighted by Gasteiger charge is 2.48. The highest BCUT2D eigenvalue weighted by Crippen LogP contribution is 2.45. The van der Waals surface area contributed by atoms with Crippen LogP contribution in [0.15, 0.2) is 11.4 Å². The number of nitrogens with zero attached hydrogens (tertiary/aromatic N) is 1. The molecule has 2 fully saturated rings. The Balaban J connectivity index is 2.01. The zero-order valence-electron chi connectivity index (χ0n) is 9.43. The van der Waals surface area contributed by atoms with Crippen LogP contribution in [0.4, 0.5) is 0 Å². The summed E-state index contributed by atoms with van der Waals surface area (Å²) in [6, 6.07) is 1.60. The summed E-state index contributed by atoms with van der Waals surface area (Å²) in [6.45, 7) is 2.79. The summed E-state index contributed by atoms with van der Waals surface area (Å²) in [5.41, 5.74) is -0.646. The van der Waals surface area contributed by atoms with Gasteiger partial charge in [-0.25, -0.2) is 4.79 Å². The molecule has 0 aromatic carbocycles. The molecule has 0 amide bonds. The van der Waals surface area contributed by atoms with E-state index in [9.17, 15) is 9.90 Å². The summed E-state index contributed by atoms with van der Waals surface area (Å²) in [5, 5.41) is 21.8. The summed E-state index contributed by atoms with van der Waals surface area (Å²) in [6.07, 6.45) is 1.62. The molecule has 2 N–H and O–H groups in total. The second kappa shape index (κ2) is 3.80. The Hall–Kier alpha value is -0.910. The van der Waals surface area contributed by atoms with Crippen molar-refractivity contribution in [2.75, 3.05) is 19.6 Å². The Morgan fingerprint density at radius 2 is 2.35 bits per heavy atom. The summed E-state index contributed by atoms with van der Waals surface area (Å²) in [4.78, 5) is 14.1. The molecule has 0 aliphatic carbocycles. The number of thiophene rings is 1.